The number of allylic oxidation sites excluding steroid dienone is 2. The molecule has 2 atom stereocenters. The Labute approximate surface area is 223 Å². The minimum absolute atomic E-state index is 0.0738. The predicted octanol–water partition coefficient (Wildman–Crippen LogP) is 4.67. The van der Waals surface area contributed by atoms with E-state index in [1.54, 1.807) is 0 Å². The van der Waals surface area contributed by atoms with Gasteiger partial charge in [0.1, 0.15) is 5.75 Å². The van der Waals surface area contributed by atoms with Gasteiger partial charge in [0.25, 0.3) is 0 Å². The topological polar surface area (TPSA) is 107 Å². The van der Waals surface area contributed by atoms with Gasteiger partial charge in [0.15, 0.2) is 12.4 Å². The summed E-state index contributed by atoms with van der Waals surface area (Å²) in [7, 11) is 0. The highest BCUT2D eigenvalue weighted by molar-refractivity contribution is 6.42. The molecule has 0 bridgehead atoms. The van der Waals surface area contributed by atoms with Crippen molar-refractivity contribution < 1.29 is 33.4 Å². The molecule has 1 fully saturated rings. The molecule has 1 aliphatic heterocycles. The molecule has 37 heavy (non-hydrogen) atoms. The molecule has 0 saturated carbocycles. The van der Waals surface area contributed by atoms with Crippen molar-refractivity contribution in [3.63, 3.8) is 0 Å². The average molecular weight is 544 g/mol. The second-order valence-corrected chi connectivity index (χ2v) is 9.72. The van der Waals surface area contributed by atoms with Gasteiger partial charge in [0.05, 0.1) is 33.9 Å². The fraction of sp³-hybridized carbons (Fsp3) is 0.296. The zero-order valence-electron chi connectivity index (χ0n) is 19.9. The van der Waals surface area contributed by atoms with Crippen LogP contribution in [-0.4, -0.2) is 47.6 Å². The number of carbonyl (C=O) groups is 5. The number of ketones is 1. The van der Waals surface area contributed by atoms with E-state index in [0.717, 1.165) is 10.5 Å². The van der Waals surface area contributed by atoms with E-state index in [0.29, 0.717) is 17.9 Å². The lowest BCUT2D eigenvalue weighted by Gasteiger charge is -2.19. The molecule has 2 aromatic carbocycles. The Balaban J connectivity index is 1.24. The average Bonchev–Trinajstić information content (AvgIpc) is 3.11. The predicted molar refractivity (Wildman–Crippen MR) is 134 cm³/mol. The van der Waals surface area contributed by atoms with Crippen LogP contribution in [0, 0.1) is 11.8 Å². The van der Waals surface area contributed by atoms with Crippen LogP contribution in [0.3, 0.4) is 0 Å². The molecule has 2 aliphatic rings. The maximum Gasteiger partial charge on any atom is 0.343 e. The maximum atomic E-state index is 12.6. The zero-order chi connectivity index (χ0) is 26.7. The molecule has 4 rings (SSSR count). The third kappa shape index (κ3) is 6.09. The number of amides is 2. The molecule has 10 heteroatoms. The van der Waals surface area contributed by atoms with Crippen LogP contribution in [-0.2, 0) is 19.1 Å². The smallest absolute Gasteiger partial charge is 0.343 e. The van der Waals surface area contributed by atoms with Gasteiger partial charge < -0.3 is 9.47 Å². The first-order chi connectivity index (χ1) is 17.6. The lowest BCUT2D eigenvalue weighted by atomic mass is 9.82. The van der Waals surface area contributed by atoms with Crippen molar-refractivity contribution in [1.82, 2.24) is 4.90 Å². The number of likely N-dealkylation sites (tertiary alicyclic amines) is 1. The van der Waals surface area contributed by atoms with E-state index in [1.165, 1.54) is 42.5 Å². The van der Waals surface area contributed by atoms with Gasteiger partial charge in [-0.25, -0.2) is 4.79 Å². The van der Waals surface area contributed by atoms with E-state index in [4.69, 9.17) is 32.7 Å². The standard InChI is InChI=1S/C27H23Cl2NO7/c1-15-2-8-19-20(12-15)26(34)30(25(19)33)11-10-24(32)36-14-23(31)16-3-6-18(7-4-16)37-27(35)17-5-9-21(28)22(29)13-17/h2-7,9,13,19-20H,8,10-12,14H2,1H3. The van der Waals surface area contributed by atoms with Gasteiger partial charge in [-0.3, -0.25) is 24.1 Å². The fourth-order valence-corrected chi connectivity index (χ4v) is 4.63. The Morgan fingerprint density at radius 1 is 0.946 bits per heavy atom. The van der Waals surface area contributed by atoms with Crippen LogP contribution >= 0.6 is 23.2 Å². The normalized spacial score (nSPS) is 18.8. The van der Waals surface area contributed by atoms with Gasteiger partial charge in [-0.15, -0.1) is 0 Å². The van der Waals surface area contributed by atoms with Crippen molar-refractivity contribution in [1.29, 1.82) is 0 Å². The van der Waals surface area contributed by atoms with Gasteiger partial charge in [-0.1, -0.05) is 34.9 Å². The molecule has 0 aromatic heterocycles. The first kappa shape index (κ1) is 26.6. The highest BCUT2D eigenvalue weighted by Crippen LogP contribution is 2.37. The molecule has 1 saturated heterocycles. The molecular formula is C27H23Cl2NO7. The van der Waals surface area contributed by atoms with Gasteiger partial charge >= 0.3 is 11.9 Å². The number of fused-ring (bicyclic) bond motifs is 1. The Bertz CT molecular complexity index is 1300. The molecule has 2 aromatic rings. The summed E-state index contributed by atoms with van der Waals surface area (Å²) in [5, 5.41) is 0.528. The number of hydrogen-bond donors (Lipinski definition) is 0. The van der Waals surface area contributed by atoms with E-state index in [9.17, 15) is 24.0 Å². The van der Waals surface area contributed by atoms with Crippen LogP contribution < -0.4 is 4.74 Å². The molecule has 192 valence electrons. The third-order valence-electron chi connectivity index (χ3n) is 6.36. The van der Waals surface area contributed by atoms with E-state index >= 15 is 0 Å². The largest absolute Gasteiger partial charge is 0.457 e. The number of halogens is 2. The Morgan fingerprint density at radius 3 is 2.32 bits per heavy atom. The number of hydrogen-bond acceptors (Lipinski definition) is 7. The van der Waals surface area contributed by atoms with Crippen molar-refractivity contribution in [3.05, 3.63) is 75.3 Å². The summed E-state index contributed by atoms with van der Waals surface area (Å²) in [6.07, 6.45) is 2.87. The second-order valence-electron chi connectivity index (χ2n) is 8.91. The number of esters is 2. The molecule has 0 radical (unpaired) electrons. The van der Waals surface area contributed by atoms with Crippen molar-refractivity contribution in [3.8, 4) is 5.75 Å². The third-order valence-corrected chi connectivity index (χ3v) is 7.10. The van der Waals surface area contributed by atoms with Crippen molar-refractivity contribution in [2.45, 2.75) is 26.2 Å². The number of carbonyl (C=O) groups excluding carboxylic acids is 5. The molecule has 2 unspecified atom stereocenters. The Hall–Kier alpha value is -3.49. The summed E-state index contributed by atoms with van der Waals surface area (Å²) in [6.45, 7) is 1.36. The van der Waals surface area contributed by atoms with Crippen molar-refractivity contribution in [2.24, 2.45) is 11.8 Å². The van der Waals surface area contributed by atoms with Crippen molar-refractivity contribution >= 4 is 52.7 Å². The summed E-state index contributed by atoms with van der Waals surface area (Å²) in [6, 6.07) is 10.1. The first-order valence-electron chi connectivity index (χ1n) is 11.6. The minimum Gasteiger partial charge on any atom is -0.457 e. The van der Waals surface area contributed by atoms with Crippen LogP contribution in [0.2, 0.25) is 10.0 Å². The molecule has 1 aliphatic carbocycles. The van der Waals surface area contributed by atoms with E-state index in [2.05, 4.69) is 0 Å². The number of imide groups is 1. The summed E-state index contributed by atoms with van der Waals surface area (Å²) in [5.41, 5.74) is 1.54. The van der Waals surface area contributed by atoms with Gasteiger partial charge in [0, 0.05) is 12.1 Å². The number of rotatable bonds is 8. The van der Waals surface area contributed by atoms with Crippen LogP contribution in [0.25, 0.3) is 0 Å². The summed E-state index contributed by atoms with van der Waals surface area (Å²) in [4.78, 5) is 63.1. The summed E-state index contributed by atoms with van der Waals surface area (Å²) < 4.78 is 10.3. The summed E-state index contributed by atoms with van der Waals surface area (Å²) in [5.74, 6) is -2.83. The second kappa shape index (κ2) is 11.3. The number of benzene rings is 2. The first-order valence-corrected chi connectivity index (χ1v) is 12.4. The van der Waals surface area contributed by atoms with Crippen LogP contribution in [0.4, 0.5) is 0 Å². The fourth-order valence-electron chi connectivity index (χ4n) is 4.33. The SMILES string of the molecule is CC1=CCC2C(=O)N(CCC(=O)OCC(=O)c3ccc(OC(=O)c4ccc(Cl)c(Cl)c4)cc3)C(=O)C2C1. The lowest BCUT2D eigenvalue weighted by molar-refractivity contribution is -0.145. The van der Waals surface area contributed by atoms with Gasteiger partial charge in [0.2, 0.25) is 11.8 Å². The monoisotopic (exact) mass is 543 g/mol. The maximum absolute atomic E-state index is 12.6. The molecule has 0 spiro atoms. The molecule has 2 amide bonds. The van der Waals surface area contributed by atoms with E-state index < -0.39 is 24.3 Å². The number of nitrogens with zero attached hydrogens (tertiary/aromatic N) is 1. The number of ether oxygens (including phenoxy) is 2. The van der Waals surface area contributed by atoms with Gasteiger partial charge in [-0.2, -0.15) is 0 Å². The molecular weight excluding hydrogens is 521 g/mol. The molecule has 0 N–H and O–H groups in total. The van der Waals surface area contributed by atoms with Gasteiger partial charge in [-0.05, 0) is 62.2 Å². The number of Topliss-reactive ketones (excluding diaryl/α,β-unsaturated/α-hetero) is 1. The zero-order valence-corrected chi connectivity index (χ0v) is 21.4. The van der Waals surface area contributed by atoms with E-state index in [-0.39, 0.29) is 58.5 Å². The van der Waals surface area contributed by atoms with Crippen LogP contribution in [0.5, 0.6) is 5.75 Å². The van der Waals surface area contributed by atoms with Crippen LogP contribution in [0.15, 0.2) is 54.1 Å². The highest BCUT2D eigenvalue weighted by atomic mass is 35.5. The quantitative estimate of drug-likeness (QED) is 0.156. The van der Waals surface area contributed by atoms with Crippen LogP contribution in [0.1, 0.15) is 46.9 Å². The van der Waals surface area contributed by atoms with Crippen molar-refractivity contribution in [2.75, 3.05) is 13.2 Å². The molecule has 8 nitrogen and oxygen atoms in total. The Morgan fingerprint density at radius 2 is 1.62 bits per heavy atom. The molecule has 1 heterocycles. The summed E-state index contributed by atoms with van der Waals surface area (Å²) >= 11 is 11.8. The van der Waals surface area contributed by atoms with E-state index in [1.807, 2.05) is 13.0 Å². The Kier molecular flexibility index (Phi) is 8.10. The lowest BCUT2D eigenvalue weighted by Crippen LogP contribution is -2.33. The minimum atomic E-state index is -0.690. The highest BCUT2D eigenvalue weighted by Gasteiger charge is 2.47.